The van der Waals surface area contributed by atoms with Gasteiger partial charge in [0.2, 0.25) is 0 Å². The Morgan fingerprint density at radius 3 is 2.21 bits per heavy atom. The highest BCUT2D eigenvalue weighted by Gasteiger charge is 2.24. The number of hydrogen-bond acceptors (Lipinski definition) is 6. The first-order valence-corrected chi connectivity index (χ1v) is 10.8. The molecule has 9 heteroatoms. The number of carbonyl (C=O) groups excluding carboxylic acids is 2. The van der Waals surface area contributed by atoms with Crippen LogP contribution in [0.5, 0.6) is 11.5 Å². The van der Waals surface area contributed by atoms with E-state index in [2.05, 4.69) is 10.3 Å². The molecular formula is C25H25FN4O4. The van der Waals surface area contributed by atoms with E-state index in [9.17, 15) is 14.0 Å². The molecule has 0 spiro atoms. The monoisotopic (exact) mass is 464 g/mol. The van der Waals surface area contributed by atoms with E-state index >= 15 is 0 Å². The van der Waals surface area contributed by atoms with Crippen LogP contribution in [0.1, 0.15) is 20.7 Å². The summed E-state index contributed by atoms with van der Waals surface area (Å²) < 4.78 is 24.4. The van der Waals surface area contributed by atoms with Crippen molar-refractivity contribution in [2.75, 3.05) is 50.6 Å². The van der Waals surface area contributed by atoms with Gasteiger partial charge in [-0.25, -0.2) is 9.37 Å². The van der Waals surface area contributed by atoms with Crippen molar-refractivity contribution in [1.82, 2.24) is 9.88 Å². The second kappa shape index (κ2) is 10.2. The number of pyridine rings is 1. The number of ether oxygens (including phenoxy) is 2. The lowest BCUT2D eigenvalue weighted by Crippen LogP contribution is -2.49. The molecule has 4 rings (SSSR count). The molecule has 3 aromatic rings. The maximum absolute atomic E-state index is 13.9. The first kappa shape index (κ1) is 23.0. The lowest BCUT2D eigenvalue weighted by Gasteiger charge is -2.35. The fraction of sp³-hybridized carbons (Fsp3) is 0.240. The summed E-state index contributed by atoms with van der Waals surface area (Å²) in [6, 6.07) is 14.5. The summed E-state index contributed by atoms with van der Waals surface area (Å²) in [7, 11) is 3.05. The third-order valence-corrected chi connectivity index (χ3v) is 5.61. The minimum Gasteiger partial charge on any atom is -0.497 e. The maximum atomic E-state index is 13.9. The maximum Gasteiger partial charge on any atom is 0.256 e. The molecular weight excluding hydrogens is 439 g/mol. The highest BCUT2D eigenvalue weighted by atomic mass is 19.1. The largest absolute Gasteiger partial charge is 0.497 e. The quantitative estimate of drug-likeness (QED) is 0.602. The van der Waals surface area contributed by atoms with E-state index in [1.165, 1.54) is 26.4 Å². The van der Waals surface area contributed by atoms with Gasteiger partial charge in [-0.15, -0.1) is 0 Å². The van der Waals surface area contributed by atoms with Crippen LogP contribution in [0, 0.1) is 5.82 Å². The summed E-state index contributed by atoms with van der Waals surface area (Å²) in [5.41, 5.74) is 1.03. The summed E-state index contributed by atoms with van der Waals surface area (Å²) >= 11 is 0. The Balaban J connectivity index is 1.36. The van der Waals surface area contributed by atoms with Gasteiger partial charge in [0.25, 0.3) is 11.8 Å². The summed E-state index contributed by atoms with van der Waals surface area (Å²) in [5, 5.41) is 2.82. The van der Waals surface area contributed by atoms with Gasteiger partial charge in [-0.2, -0.15) is 0 Å². The molecule has 0 radical (unpaired) electrons. The van der Waals surface area contributed by atoms with E-state index in [-0.39, 0.29) is 17.4 Å². The van der Waals surface area contributed by atoms with E-state index in [4.69, 9.17) is 9.47 Å². The molecule has 8 nitrogen and oxygen atoms in total. The van der Waals surface area contributed by atoms with Gasteiger partial charge in [-0.3, -0.25) is 9.59 Å². The number of amides is 2. The number of hydrogen-bond donors (Lipinski definition) is 1. The van der Waals surface area contributed by atoms with Crippen LogP contribution in [0.2, 0.25) is 0 Å². The summed E-state index contributed by atoms with van der Waals surface area (Å²) in [5.74, 6) is 0.641. The molecule has 1 aliphatic rings. The van der Waals surface area contributed by atoms with Crippen molar-refractivity contribution in [3.8, 4) is 11.5 Å². The second-order valence-electron chi connectivity index (χ2n) is 7.72. The number of methoxy groups -OCH3 is 2. The van der Waals surface area contributed by atoms with Gasteiger partial charge in [0.1, 0.15) is 23.1 Å². The molecule has 176 valence electrons. The molecule has 1 fully saturated rings. The van der Waals surface area contributed by atoms with Crippen LogP contribution >= 0.6 is 0 Å². The highest BCUT2D eigenvalue weighted by molar-refractivity contribution is 6.04. The van der Waals surface area contributed by atoms with Crippen LogP contribution in [0.3, 0.4) is 0 Å². The van der Waals surface area contributed by atoms with Crippen LogP contribution in [0.4, 0.5) is 15.9 Å². The number of benzene rings is 2. The third kappa shape index (κ3) is 5.09. The van der Waals surface area contributed by atoms with Crippen molar-refractivity contribution in [3.63, 3.8) is 0 Å². The number of piperazine rings is 1. The van der Waals surface area contributed by atoms with Crippen molar-refractivity contribution >= 4 is 23.3 Å². The molecule has 1 saturated heterocycles. The lowest BCUT2D eigenvalue weighted by molar-refractivity contribution is 0.0741. The van der Waals surface area contributed by atoms with E-state index in [1.54, 1.807) is 47.5 Å². The van der Waals surface area contributed by atoms with Gasteiger partial charge in [-0.05, 0) is 36.4 Å². The Morgan fingerprint density at radius 2 is 1.62 bits per heavy atom. The lowest BCUT2D eigenvalue weighted by atomic mass is 10.1. The average molecular weight is 464 g/mol. The first-order chi connectivity index (χ1) is 16.5. The normalized spacial score (nSPS) is 13.4. The minimum atomic E-state index is -0.512. The molecule has 34 heavy (non-hydrogen) atoms. The molecule has 0 saturated carbocycles. The molecule has 0 bridgehead atoms. The van der Waals surface area contributed by atoms with Crippen molar-refractivity contribution < 1.29 is 23.5 Å². The van der Waals surface area contributed by atoms with Gasteiger partial charge < -0.3 is 24.6 Å². The number of nitrogens with one attached hydrogen (secondary N) is 1. The van der Waals surface area contributed by atoms with Crippen LogP contribution < -0.4 is 19.7 Å². The number of anilines is 2. The molecule has 0 unspecified atom stereocenters. The average Bonchev–Trinajstić information content (AvgIpc) is 2.88. The Morgan fingerprint density at radius 1 is 0.941 bits per heavy atom. The smallest absolute Gasteiger partial charge is 0.256 e. The Hall–Kier alpha value is -4.14. The van der Waals surface area contributed by atoms with Crippen molar-refractivity contribution in [1.29, 1.82) is 0 Å². The van der Waals surface area contributed by atoms with Crippen LogP contribution in [0.15, 0.2) is 60.8 Å². The SMILES string of the molecule is COc1cc(OC)cc(C(=O)Nc2ccc(N3CCN(C(=O)c4ccccc4F)CC3)nc2)c1. The fourth-order valence-electron chi connectivity index (χ4n) is 3.73. The van der Waals surface area contributed by atoms with Crippen molar-refractivity contribution in [2.45, 2.75) is 0 Å². The molecule has 2 amide bonds. The van der Waals surface area contributed by atoms with Crippen molar-refractivity contribution in [2.24, 2.45) is 0 Å². The molecule has 1 aliphatic heterocycles. The number of nitrogens with zero attached hydrogens (tertiary/aromatic N) is 3. The van der Waals surface area contributed by atoms with Gasteiger partial charge in [0.05, 0.1) is 31.7 Å². The van der Waals surface area contributed by atoms with Gasteiger partial charge in [0.15, 0.2) is 0 Å². The number of rotatable bonds is 6. The zero-order valence-electron chi connectivity index (χ0n) is 19.0. The predicted molar refractivity (Wildman–Crippen MR) is 126 cm³/mol. The molecule has 2 heterocycles. The summed E-state index contributed by atoms with van der Waals surface area (Å²) in [4.78, 5) is 33.4. The van der Waals surface area contributed by atoms with Gasteiger partial charge in [0, 0.05) is 37.8 Å². The fourth-order valence-corrected chi connectivity index (χ4v) is 3.73. The van der Waals surface area contributed by atoms with Crippen LogP contribution in [-0.4, -0.2) is 62.1 Å². The number of carbonyl (C=O) groups is 2. The van der Waals surface area contributed by atoms with E-state index in [0.29, 0.717) is 48.9 Å². The Labute approximate surface area is 196 Å². The van der Waals surface area contributed by atoms with Gasteiger partial charge >= 0.3 is 0 Å². The molecule has 1 aromatic heterocycles. The topological polar surface area (TPSA) is 84.0 Å². The zero-order chi connectivity index (χ0) is 24.1. The van der Waals surface area contributed by atoms with Crippen molar-refractivity contribution in [3.05, 3.63) is 77.7 Å². The van der Waals surface area contributed by atoms with E-state index in [1.807, 2.05) is 11.0 Å². The van der Waals surface area contributed by atoms with E-state index in [0.717, 1.165) is 5.82 Å². The zero-order valence-corrected chi connectivity index (χ0v) is 19.0. The standard InChI is InChI=1S/C25H25FN4O4/c1-33-19-13-17(14-20(15-19)34-2)24(31)28-18-7-8-23(27-16-18)29-9-11-30(12-10-29)25(32)21-5-3-4-6-22(21)26/h3-8,13-16H,9-12H2,1-2H3,(H,28,31). The summed E-state index contributed by atoms with van der Waals surface area (Å²) in [6.07, 6.45) is 1.58. The predicted octanol–water partition coefficient (Wildman–Crippen LogP) is 3.45. The van der Waals surface area contributed by atoms with Crippen LogP contribution in [-0.2, 0) is 0 Å². The first-order valence-electron chi connectivity index (χ1n) is 10.8. The summed E-state index contributed by atoms with van der Waals surface area (Å²) in [6.45, 7) is 2.07. The Bertz CT molecular complexity index is 1160. The third-order valence-electron chi connectivity index (χ3n) is 5.61. The van der Waals surface area contributed by atoms with Crippen LogP contribution in [0.25, 0.3) is 0 Å². The highest BCUT2D eigenvalue weighted by Crippen LogP contribution is 2.24. The molecule has 0 aliphatic carbocycles. The number of halogens is 1. The molecule has 2 aromatic carbocycles. The second-order valence-corrected chi connectivity index (χ2v) is 7.72. The Kier molecular flexibility index (Phi) is 6.91. The number of aromatic nitrogens is 1. The minimum absolute atomic E-state index is 0.0859. The molecule has 1 N–H and O–H groups in total. The van der Waals surface area contributed by atoms with Gasteiger partial charge in [-0.1, -0.05) is 12.1 Å². The van der Waals surface area contributed by atoms with E-state index < -0.39 is 5.82 Å². The molecule has 0 atom stereocenters.